The molecular weight excluding hydrogens is 278 g/mol. The van der Waals surface area contributed by atoms with E-state index in [0.717, 1.165) is 0 Å². The highest BCUT2D eigenvalue weighted by Gasteiger charge is 2.33. The zero-order valence-electron chi connectivity index (χ0n) is 10.9. The highest BCUT2D eigenvalue weighted by Crippen LogP contribution is 2.21. The predicted octanol–water partition coefficient (Wildman–Crippen LogP) is 0.745. The van der Waals surface area contributed by atoms with Crippen molar-refractivity contribution in [3.05, 3.63) is 45.8 Å². The van der Waals surface area contributed by atoms with Gasteiger partial charge in [-0.2, -0.15) is 0 Å². The molecule has 20 heavy (non-hydrogen) atoms. The lowest BCUT2D eigenvalue weighted by Crippen LogP contribution is -2.56. The van der Waals surface area contributed by atoms with E-state index in [0.29, 0.717) is 23.8 Å². The van der Waals surface area contributed by atoms with Crippen molar-refractivity contribution >= 4 is 17.2 Å². The first kappa shape index (κ1) is 12.9. The molecule has 0 aliphatic carbocycles. The van der Waals surface area contributed by atoms with Gasteiger partial charge >= 0.3 is 0 Å². The maximum atomic E-state index is 12.1. The number of carbonyl (C=O) groups is 1. The number of amides is 1. The molecule has 6 nitrogen and oxygen atoms in total. The van der Waals surface area contributed by atoms with Crippen LogP contribution in [0, 0.1) is 0 Å². The van der Waals surface area contributed by atoms with Crippen LogP contribution in [0.1, 0.15) is 10.4 Å². The summed E-state index contributed by atoms with van der Waals surface area (Å²) in [4.78, 5) is 29.4. The molecule has 0 N–H and O–H groups in total. The van der Waals surface area contributed by atoms with Gasteiger partial charge in [-0.3, -0.25) is 9.59 Å². The number of aryl methyl sites for hydroxylation is 1. The Morgan fingerprint density at radius 1 is 1.50 bits per heavy atom. The second-order valence-electron chi connectivity index (χ2n) is 4.61. The Balaban J connectivity index is 1.60. The number of pyridine rings is 1. The quantitative estimate of drug-likeness (QED) is 0.837. The van der Waals surface area contributed by atoms with Crippen LogP contribution < -0.4 is 10.3 Å². The normalized spacial score (nSPS) is 14.9. The van der Waals surface area contributed by atoms with E-state index in [1.165, 1.54) is 22.0 Å². The molecule has 1 aliphatic rings. The second-order valence-corrected chi connectivity index (χ2v) is 5.47. The van der Waals surface area contributed by atoms with Gasteiger partial charge in [0.1, 0.15) is 6.10 Å². The Morgan fingerprint density at radius 3 is 2.95 bits per heavy atom. The van der Waals surface area contributed by atoms with Crippen LogP contribution in [0.4, 0.5) is 0 Å². The Morgan fingerprint density at radius 2 is 2.30 bits per heavy atom. The zero-order chi connectivity index (χ0) is 14.1. The molecular formula is C13H13N3O3S. The molecule has 7 heteroatoms. The number of ether oxygens (including phenoxy) is 1. The minimum Gasteiger partial charge on any atom is -0.463 e. The van der Waals surface area contributed by atoms with Crippen molar-refractivity contribution in [2.75, 3.05) is 13.1 Å². The summed E-state index contributed by atoms with van der Waals surface area (Å²) in [6, 6.07) is 3.01. The van der Waals surface area contributed by atoms with Crippen LogP contribution >= 0.6 is 11.3 Å². The molecule has 1 amide bonds. The Labute approximate surface area is 119 Å². The molecule has 0 aromatic carbocycles. The van der Waals surface area contributed by atoms with E-state index in [-0.39, 0.29) is 17.6 Å². The number of likely N-dealkylation sites (tertiary alicyclic amines) is 1. The second kappa shape index (κ2) is 5.09. The topological polar surface area (TPSA) is 64.4 Å². The van der Waals surface area contributed by atoms with Crippen molar-refractivity contribution in [1.82, 2.24) is 14.5 Å². The first-order valence-electron chi connectivity index (χ1n) is 6.15. The third kappa shape index (κ3) is 2.44. The first-order chi connectivity index (χ1) is 9.63. The molecule has 3 rings (SSSR count). The lowest BCUT2D eigenvalue weighted by Gasteiger charge is -2.38. The minimum absolute atomic E-state index is 0.0170. The van der Waals surface area contributed by atoms with Gasteiger partial charge in [-0.15, -0.1) is 0 Å². The molecule has 1 aliphatic heterocycles. The number of hydrogen-bond acceptors (Lipinski definition) is 5. The van der Waals surface area contributed by atoms with E-state index in [4.69, 9.17) is 4.74 Å². The number of nitrogens with zero attached hydrogens (tertiary/aromatic N) is 3. The lowest BCUT2D eigenvalue weighted by atomic mass is 10.1. The largest absolute Gasteiger partial charge is 0.463 e. The molecule has 104 valence electrons. The van der Waals surface area contributed by atoms with Crippen molar-refractivity contribution in [2.45, 2.75) is 6.10 Å². The van der Waals surface area contributed by atoms with Gasteiger partial charge in [0, 0.05) is 36.5 Å². The average molecular weight is 291 g/mol. The fourth-order valence-corrected chi connectivity index (χ4v) is 2.51. The summed E-state index contributed by atoms with van der Waals surface area (Å²) in [5.74, 6) is -0.137. The van der Waals surface area contributed by atoms with Crippen LogP contribution in [0.25, 0.3) is 0 Å². The standard InChI is InChI=1S/C13H13N3O3S/c1-15-4-2-9(6-11(15)17)12(18)16-7-10(8-16)19-13-14-3-5-20-13/h2-6,10H,7-8H2,1H3. The molecule has 0 unspecified atom stereocenters. The summed E-state index contributed by atoms with van der Waals surface area (Å²) in [5.41, 5.74) is 0.229. The van der Waals surface area contributed by atoms with Gasteiger partial charge in [-0.1, -0.05) is 11.3 Å². The SMILES string of the molecule is Cn1ccc(C(=O)N2CC(Oc3nccs3)C2)cc1=O. The Bertz CT molecular complexity index is 674. The monoisotopic (exact) mass is 291 g/mol. The van der Waals surface area contributed by atoms with E-state index < -0.39 is 0 Å². The third-order valence-electron chi connectivity index (χ3n) is 3.16. The molecule has 0 saturated carbocycles. The molecule has 2 aromatic heterocycles. The summed E-state index contributed by atoms with van der Waals surface area (Å²) in [6.45, 7) is 1.04. The molecule has 1 saturated heterocycles. The number of thiazole rings is 1. The van der Waals surface area contributed by atoms with E-state index >= 15 is 0 Å². The third-order valence-corrected chi connectivity index (χ3v) is 3.82. The Kier molecular flexibility index (Phi) is 3.27. The molecule has 0 bridgehead atoms. The van der Waals surface area contributed by atoms with E-state index in [1.54, 1.807) is 30.4 Å². The van der Waals surface area contributed by atoms with E-state index in [1.807, 2.05) is 5.38 Å². The molecule has 0 spiro atoms. The van der Waals surface area contributed by atoms with E-state index in [9.17, 15) is 9.59 Å². The number of hydrogen-bond donors (Lipinski definition) is 0. The minimum atomic E-state index is -0.188. The van der Waals surface area contributed by atoms with Gasteiger partial charge in [0.25, 0.3) is 16.7 Å². The number of carbonyl (C=O) groups excluding carboxylic acids is 1. The van der Waals surface area contributed by atoms with Gasteiger partial charge in [0.15, 0.2) is 0 Å². The smallest absolute Gasteiger partial charge is 0.273 e. The van der Waals surface area contributed by atoms with Crippen molar-refractivity contribution in [3.63, 3.8) is 0 Å². The highest BCUT2D eigenvalue weighted by molar-refractivity contribution is 7.11. The molecule has 3 heterocycles. The summed E-state index contributed by atoms with van der Waals surface area (Å²) < 4.78 is 7.03. The molecule has 1 fully saturated rings. The van der Waals surface area contributed by atoms with Crippen LogP contribution in [-0.4, -0.2) is 39.6 Å². The van der Waals surface area contributed by atoms with Crippen LogP contribution in [0.15, 0.2) is 34.7 Å². The average Bonchev–Trinajstić information content (AvgIpc) is 2.89. The maximum absolute atomic E-state index is 12.1. The first-order valence-corrected chi connectivity index (χ1v) is 7.03. The summed E-state index contributed by atoms with van der Waals surface area (Å²) in [5, 5.41) is 2.46. The summed E-state index contributed by atoms with van der Waals surface area (Å²) in [6.07, 6.45) is 3.26. The van der Waals surface area contributed by atoms with Crippen molar-refractivity contribution in [1.29, 1.82) is 0 Å². The lowest BCUT2D eigenvalue weighted by molar-refractivity contribution is 0.0177. The van der Waals surface area contributed by atoms with Crippen LogP contribution in [0.5, 0.6) is 5.19 Å². The van der Waals surface area contributed by atoms with Crippen molar-refractivity contribution in [2.24, 2.45) is 7.05 Å². The van der Waals surface area contributed by atoms with Gasteiger partial charge in [-0.25, -0.2) is 4.98 Å². The highest BCUT2D eigenvalue weighted by atomic mass is 32.1. The molecule has 2 aromatic rings. The zero-order valence-corrected chi connectivity index (χ0v) is 11.7. The van der Waals surface area contributed by atoms with Gasteiger partial charge < -0.3 is 14.2 Å². The van der Waals surface area contributed by atoms with Gasteiger partial charge in [0.05, 0.1) is 13.1 Å². The predicted molar refractivity (Wildman–Crippen MR) is 74.1 cm³/mol. The number of rotatable bonds is 3. The Hall–Kier alpha value is -2.15. The van der Waals surface area contributed by atoms with Crippen LogP contribution in [0.3, 0.4) is 0 Å². The fraction of sp³-hybridized carbons (Fsp3) is 0.308. The van der Waals surface area contributed by atoms with Crippen LogP contribution in [0.2, 0.25) is 0 Å². The van der Waals surface area contributed by atoms with Crippen LogP contribution in [-0.2, 0) is 7.05 Å². The summed E-state index contributed by atoms with van der Waals surface area (Å²) >= 11 is 1.43. The summed E-state index contributed by atoms with van der Waals surface area (Å²) in [7, 11) is 1.65. The van der Waals surface area contributed by atoms with Gasteiger partial charge in [-0.05, 0) is 6.07 Å². The molecule has 0 radical (unpaired) electrons. The van der Waals surface area contributed by atoms with Crippen molar-refractivity contribution < 1.29 is 9.53 Å². The molecule has 0 atom stereocenters. The van der Waals surface area contributed by atoms with E-state index in [2.05, 4.69) is 4.98 Å². The number of aromatic nitrogens is 2. The maximum Gasteiger partial charge on any atom is 0.273 e. The van der Waals surface area contributed by atoms with Gasteiger partial charge in [0.2, 0.25) is 0 Å². The fourth-order valence-electron chi connectivity index (χ4n) is 1.95. The van der Waals surface area contributed by atoms with Crippen molar-refractivity contribution in [3.8, 4) is 5.19 Å².